The van der Waals surface area contributed by atoms with Crippen molar-refractivity contribution in [3.8, 4) is 5.75 Å². The van der Waals surface area contributed by atoms with Crippen LogP contribution in [0.3, 0.4) is 0 Å². The molecule has 0 aliphatic carbocycles. The van der Waals surface area contributed by atoms with Crippen LogP contribution in [0.4, 0.5) is 5.69 Å². The maximum atomic E-state index is 12.5. The van der Waals surface area contributed by atoms with E-state index in [0.717, 1.165) is 16.3 Å². The minimum atomic E-state index is -0.835. The Morgan fingerprint density at radius 2 is 1.72 bits per heavy atom. The van der Waals surface area contributed by atoms with Crippen LogP contribution in [0.15, 0.2) is 66.7 Å². The lowest BCUT2D eigenvalue weighted by molar-refractivity contribution is -0.386. The highest BCUT2D eigenvalue weighted by Gasteiger charge is 2.22. The molecule has 184 valence electrons. The molecule has 0 saturated carbocycles. The highest BCUT2D eigenvalue weighted by Crippen LogP contribution is 2.23. The molecule has 0 spiro atoms. The molecule has 10 heteroatoms. The van der Waals surface area contributed by atoms with Gasteiger partial charge in [-0.2, -0.15) is 5.10 Å². The lowest BCUT2D eigenvalue weighted by Gasteiger charge is -2.15. The van der Waals surface area contributed by atoms with Crippen LogP contribution < -0.4 is 15.6 Å². The van der Waals surface area contributed by atoms with Gasteiger partial charge in [-0.25, -0.2) is 0 Å². The van der Waals surface area contributed by atoms with E-state index in [2.05, 4.69) is 16.0 Å². The SMILES string of the molecule is Cc1nn(Cc2ccc(C(=O)NNC(=O)C(C)Oc3ccc4ccccc4c3)cc2)c(C)c1[N+](=O)[O-]. The summed E-state index contributed by atoms with van der Waals surface area (Å²) in [4.78, 5) is 35.6. The molecule has 4 rings (SSSR count). The van der Waals surface area contributed by atoms with E-state index in [9.17, 15) is 19.7 Å². The average molecular weight is 488 g/mol. The lowest BCUT2D eigenvalue weighted by Crippen LogP contribution is -2.47. The maximum Gasteiger partial charge on any atom is 0.312 e. The molecule has 0 bridgehead atoms. The third-order valence-electron chi connectivity index (χ3n) is 5.78. The van der Waals surface area contributed by atoms with Crippen molar-refractivity contribution >= 4 is 28.3 Å². The Labute approximate surface area is 207 Å². The molecule has 0 saturated heterocycles. The summed E-state index contributed by atoms with van der Waals surface area (Å²) in [6.07, 6.45) is -0.835. The summed E-state index contributed by atoms with van der Waals surface area (Å²) < 4.78 is 7.27. The zero-order valence-electron chi connectivity index (χ0n) is 20.0. The number of nitrogens with zero attached hydrogens (tertiary/aromatic N) is 3. The van der Waals surface area contributed by atoms with Crippen molar-refractivity contribution in [1.29, 1.82) is 0 Å². The van der Waals surface area contributed by atoms with Gasteiger partial charge in [-0.05, 0) is 61.4 Å². The van der Waals surface area contributed by atoms with Gasteiger partial charge < -0.3 is 4.74 Å². The molecule has 2 amide bonds. The average Bonchev–Trinajstić information content (AvgIpc) is 3.15. The molecule has 0 aliphatic heterocycles. The first-order valence-corrected chi connectivity index (χ1v) is 11.3. The first-order valence-electron chi connectivity index (χ1n) is 11.3. The van der Waals surface area contributed by atoms with Gasteiger partial charge in [-0.3, -0.25) is 35.2 Å². The van der Waals surface area contributed by atoms with E-state index in [4.69, 9.17) is 4.74 Å². The monoisotopic (exact) mass is 487 g/mol. The standard InChI is InChI=1S/C26H25N5O5/c1-16-24(31(34)35)17(2)30(29-16)15-19-8-10-21(11-9-19)26(33)28-27-25(32)18(3)36-23-13-12-20-6-4-5-7-22(20)14-23/h4-14,18H,15H2,1-3H3,(H,27,32)(H,28,33). The van der Waals surface area contributed by atoms with E-state index in [-0.39, 0.29) is 5.69 Å². The molecular formula is C26H25N5O5. The zero-order chi connectivity index (χ0) is 25.8. The van der Waals surface area contributed by atoms with Gasteiger partial charge in [0.2, 0.25) is 0 Å². The third-order valence-corrected chi connectivity index (χ3v) is 5.78. The fraction of sp³-hybridized carbons (Fsp3) is 0.192. The number of aryl methyl sites for hydroxylation is 1. The molecule has 0 radical (unpaired) electrons. The van der Waals surface area contributed by atoms with E-state index < -0.39 is 22.8 Å². The summed E-state index contributed by atoms with van der Waals surface area (Å²) in [5, 5.41) is 17.5. The number of aromatic nitrogens is 2. The normalized spacial score (nSPS) is 11.6. The van der Waals surface area contributed by atoms with E-state index in [1.165, 1.54) is 0 Å². The number of hydrogen-bond donors (Lipinski definition) is 2. The summed E-state index contributed by atoms with van der Waals surface area (Å²) in [7, 11) is 0. The molecular weight excluding hydrogens is 462 g/mol. The van der Waals surface area contributed by atoms with Crippen LogP contribution in [0.1, 0.15) is 34.2 Å². The van der Waals surface area contributed by atoms with Crippen molar-refractivity contribution < 1.29 is 19.2 Å². The van der Waals surface area contributed by atoms with Gasteiger partial charge in [-0.15, -0.1) is 0 Å². The summed E-state index contributed by atoms with van der Waals surface area (Å²) in [6, 6.07) is 20.0. The van der Waals surface area contributed by atoms with Crippen LogP contribution >= 0.6 is 0 Å². The number of carbonyl (C=O) groups is 2. The number of nitro groups is 1. The Morgan fingerprint density at radius 1 is 1.03 bits per heavy atom. The molecule has 10 nitrogen and oxygen atoms in total. The lowest BCUT2D eigenvalue weighted by atomic mass is 10.1. The van der Waals surface area contributed by atoms with Crippen LogP contribution in [0, 0.1) is 24.0 Å². The number of rotatable bonds is 7. The van der Waals surface area contributed by atoms with Crippen LogP contribution in [-0.4, -0.2) is 32.6 Å². The number of hydrogen-bond acceptors (Lipinski definition) is 6. The Hall–Kier alpha value is -4.73. The molecule has 0 aliphatic rings. The molecule has 1 unspecified atom stereocenters. The Bertz CT molecular complexity index is 1450. The van der Waals surface area contributed by atoms with Crippen LogP contribution in [0.25, 0.3) is 10.8 Å². The second kappa shape index (κ2) is 10.3. The quantitative estimate of drug-likeness (QED) is 0.301. The Kier molecular flexibility index (Phi) is 6.95. The predicted molar refractivity (Wildman–Crippen MR) is 134 cm³/mol. The van der Waals surface area contributed by atoms with Crippen molar-refractivity contribution in [3.63, 3.8) is 0 Å². The second-order valence-electron chi connectivity index (χ2n) is 8.34. The number of carbonyl (C=O) groups excluding carboxylic acids is 2. The largest absolute Gasteiger partial charge is 0.481 e. The molecule has 2 N–H and O–H groups in total. The van der Waals surface area contributed by atoms with Crippen molar-refractivity contribution in [3.05, 3.63) is 99.4 Å². The van der Waals surface area contributed by atoms with Gasteiger partial charge in [0.15, 0.2) is 6.10 Å². The molecule has 1 aromatic heterocycles. The predicted octanol–water partition coefficient (Wildman–Crippen LogP) is 3.84. The highest BCUT2D eigenvalue weighted by atomic mass is 16.6. The molecule has 1 atom stereocenters. The van der Waals surface area contributed by atoms with Gasteiger partial charge in [0.25, 0.3) is 11.8 Å². The fourth-order valence-corrected chi connectivity index (χ4v) is 3.83. The number of amides is 2. The number of nitrogens with one attached hydrogen (secondary N) is 2. The minimum Gasteiger partial charge on any atom is -0.481 e. The highest BCUT2D eigenvalue weighted by molar-refractivity contribution is 5.95. The maximum absolute atomic E-state index is 12.5. The summed E-state index contributed by atoms with van der Waals surface area (Å²) >= 11 is 0. The van der Waals surface area contributed by atoms with Gasteiger partial charge in [-0.1, -0.05) is 42.5 Å². The van der Waals surface area contributed by atoms with Gasteiger partial charge in [0.05, 0.1) is 11.5 Å². The Morgan fingerprint density at radius 3 is 2.39 bits per heavy atom. The van der Waals surface area contributed by atoms with Crippen molar-refractivity contribution in [2.24, 2.45) is 0 Å². The summed E-state index contributed by atoms with van der Waals surface area (Å²) in [5.74, 6) is -0.444. The minimum absolute atomic E-state index is 0.000521. The van der Waals surface area contributed by atoms with Crippen molar-refractivity contribution in [2.45, 2.75) is 33.4 Å². The molecule has 0 fully saturated rings. The molecule has 3 aromatic carbocycles. The molecule has 1 heterocycles. The van der Waals surface area contributed by atoms with E-state index in [1.807, 2.05) is 36.4 Å². The number of hydrazine groups is 1. The van der Waals surface area contributed by atoms with Crippen molar-refractivity contribution in [1.82, 2.24) is 20.6 Å². The third kappa shape index (κ3) is 5.33. The number of benzene rings is 3. The number of ether oxygens (including phenoxy) is 1. The topological polar surface area (TPSA) is 128 Å². The van der Waals surface area contributed by atoms with E-state index in [1.54, 1.807) is 55.8 Å². The van der Waals surface area contributed by atoms with Crippen LogP contribution in [0.5, 0.6) is 5.75 Å². The second-order valence-corrected chi connectivity index (χ2v) is 8.34. The zero-order valence-corrected chi connectivity index (χ0v) is 20.0. The first-order chi connectivity index (χ1) is 17.2. The van der Waals surface area contributed by atoms with Gasteiger partial charge in [0, 0.05) is 5.56 Å². The smallest absolute Gasteiger partial charge is 0.312 e. The summed E-state index contributed by atoms with van der Waals surface area (Å²) in [5.41, 5.74) is 6.72. The Balaban J connectivity index is 1.31. The molecule has 4 aromatic rings. The summed E-state index contributed by atoms with van der Waals surface area (Å²) in [6.45, 7) is 5.15. The van der Waals surface area contributed by atoms with Crippen LogP contribution in [-0.2, 0) is 11.3 Å². The van der Waals surface area contributed by atoms with Gasteiger partial charge in [0.1, 0.15) is 17.1 Å². The van der Waals surface area contributed by atoms with Crippen molar-refractivity contribution in [2.75, 3.05) is 0 Å². The molecule has 36 heavy (non-hydrogen) atoms. The number of fused-ring (bicyclic) bond motifs is 1. The fourth-order valence-electron chi connectivity index (χ4n) is 3.83. The van der Waals surface area contributed by atoms with E-state index in [0.29, 0.717) is 29.2 Å². The van der Waals surface area contributed by atoms with Crippen LogP contribution in [0.2, 0.25) is 0 Å². The first kappa shape index (κ1) is 24.4. The van der Waals surface area contributed by atoms with Gasteiger partial charge >= 0.3 is 5.69 Å². The van der Waals surface area contributed by atoms with E-state index >= 15 is 0 Å².